The Morgan fingerprint density at radius 2 is 0.679 bits per heavy atom. The van der Waals surface area contributed by atoms with Gasteiger partial charge in [0.2, 0.25) is 0 Å². The highest BCUT2D eigenvalue weighted by Crippen LogP contribution is 2.41. The Labute approximate surface area is 325 Å². The molecule has 0 atom stereocenters. The maximum absolute atomic E-state index is 5.47. The van der Waals surface area contributed by atoms with Crippen LogP contribution in [0.15, 0.2) is 206 Å². The van der Waals surface area contributed by atoms with Crippen LogP contribution in [0.25, 0.3) is 100 Å². The molecule has 0 radical (unpaired) electrons. The van der Waals surface area contributed by atoms with E-state index in [0.717, 1.165) is 66.5 Å². The van der Waals surface area contributed by atoms with Crippen LogP contribution in [0.2, 0.25) is 0 Å². The van der Waals surface area contributed by atoms with Crippen molar-refractivity contribution in [1.82, 2.24) is 19.9 Å². The second-order valence-electron chi connectivity index (χ2n) is 13.8. The molecule has 262 valence electrons. The standard InChI is InChI=1S/C52H34N4/c1-5-16-36(17-6-1)43-26-14-28-45-47(43)46-29-15-27-44(49(46)53-48(45)37-18-7-2-8-19-37)42-25-13-24-41(34-42)35-30-32-40(33-31-35)52-55-50(38-20-9-3-10-21-38)54-51(56-52)39-22-11-4-12-23-39/h1-34H. The van der Waals surface area contributed by atoms with Gasteiger partial charge in [-0.15, -0.1) is 0 Å². The first-order valence-corrected chi connectivity index (χ1v) is 18.8. The highest BCUT2D eigenvalue weighted by molar-refractivity contribution is 6.19. The zero-order chi connectivity index (χ0) is 37.3. The van der Waals surface area contributed by atoms with Gasteiger partial charge >= 0.3 is 0 Å². The van der Waals surface area contributed by atoms with Crippen LogP contribution < -0.4 is 0 Å². The number of hydrogen-bond donors (Lipinski definition) is 0. The summed E-state index contributed by atoms with van der Waals surface area (Å²) < 4.78 is 0. The Hall–Kier alpha value is -7.56. The van der Waals surface area contributed by atoms with E-state index < -0.39 is 0 Å². The lowest BCUT2D eigenvalue weighted by molar-refractivity contribution is 1.07. The fourth-order valence-corrected chi connectivity index (χ4v) is 7.60. The molecule has 0 N–H and O–H groups in total. The molecule has 4 nitrogen and oxygen atoms in total. The minimum Gasteiger partial charge on any atom is -0.246 e. The first-order chi connectivity index (χ1) is 27.8. The molecule has 8 aromatic carbocycles. The molecule has 0 fully saturated rings. The van der Waals surface area contributed by atoms with Crippen LogP contribution in [0.5, 0.6) is 0 Å². The summed E-state index contributed by atoms with van der Waals surface area (Å²) in [4.78, 5) is 20.2. The van der Waals surface area contributed by atoms with Crippen LogP contribution >= 0.6 is 0 Å². The minimum atomic E-state index is 0.635. The first-order valence-electron chi connectivity index (χ1n) is 18.8. The molecule has 0 saturated carbocycles. The van der Waals surface area contributed by atoms with Gasteiger partial charge in [-0.2, -0.15) is 0 Å². The first kappa shape index (κ1) is 33.0. The Morgan fingerprint density at radius 1 is 0.250 bits per heavy atom. The minimum absolute atomic E-state index is 0.635. The highest BCUT2D eigenvalue weighted by atomic mass is 15.0. The SMILES string of the molecule is c1ccc(-c2nc(-c3ccccc3)nc(-c3ccc(-c4cccc(-c5cccc6c5nc(-c5ccccc5)c5cccc(-c7ccccc7)c56)c4)cc3)n2)cc1. The predicted molar refractivity (Wildman–Crippen MR) is 231 cm³/mol. The van der Waals surface area contributed by atoms with Crippen molar-refractivity contribution in [2.45, 2.75) is 0 Å². The average Bonchev–Trinajstić information content (AvgIpc) is 3.29. The molecule has 0 aliphatic heterocycles. The molecule has 10 rings (SSSR count). The molecule has 0 amide bonds. The predicted octanol–water partition coefficient (Wildman–Crippen LogP) is 13.2. The van der Waals surface area contributed by atoms with E-state index in [1.54, 1.807) is 0 Å². The average molecular weight is 715 g/mol. The van der Waals surface area contributed by atoms with Crippen LogP contribution in [-0.4, -0.2) is 19.9 Å². The fourth-order valence-electron chi connectivity index (χ4n) is 7.60. The van der Waals surface area contributed by atoms with E-state index >= 15 is 0 Å². The van der Waals surface area contributed by atoms with E-state index in [1.165, 1.54) is 16.5 Å². The van der Waals surface area contributed by atoms with Crippen molar-refractivity contribution in [3.63, 3.8) is 0 Å². The van der Waals surface area contributed by atoms with E-state index in [9.17, 15) is 0 Å². The fraction of sp³-hybridized carbons (Fsp3) is 0. The molecule has 10 aromatic rings. The van der Waals surface area contributed by atoms with Crippen molar-refractivity contribution < 1.29 is 0 Å². The second kappa shape index (κ2) is 14.3. The normalized spacial score (nSPS) is 11.2. The second-order valence-corrected chi connectivity index (χ2v) is 13.8. The van der Waals surface area contributed by atoms with Gasteiger partial charge in [0, 0.05) is 44.0 Å². The van der Waals surface area contributed by atoms with E-state index in [0.29, 0.717) is 17.5 Å². The monoisotopic (exact) mass is 714 g/mol. The molecule has 0 spiro atoms. The van der Waals surface area contributed by atoms with Gasteiger partial charge in [-0.05, 0) is 33.9 Å². The molecular formula is C52H34N4. The summed E-state index contributed by atoms with van der Waals surface area (Å²) in [5.74, 6) is 1.93. The summed E-state index contributed by atoms with van der Waals surface area (Å²) in [7, 11) is 0. The van der Waals surface area contributed by atoms with Crippen molar-refractivity contribution >= 4 is 21.7 Å². The van der Waals surface area contributed by atoms with Crippen LogP contribution in [0.4, 0.5) is 0 Å². The third-order valence-electron chi connectivity index (χ3n) is 10.3. The summed E-state index contributed by atoms with van der Waals surface area (Å²) in [6.07, 6.45) is 0. The van der Waals surface area contributed by atoms with E-state index in [-0.39, 0.29) is 0 Å². The lowest BCUT2D eigenvalue weighted by atomic mass is 9.90. The molecule has 56 heavy (non-hydrogen) atoms. The third kappa shape index (κ3) is 6.19. The topological polar surface area (TPSA) is 51.6 Å². The van der Waals surface area contributed by atoms with Crippen LogP contribution in [0, 0.1) is 0 Å². The number of para-hydroxylation sites is 1. The third-order valence-corrected chi connectivity index (χ3v) is 10.3. The maximum atomic E-state index is 5.47. The number of rotatable bonds is 7. The van der Waals surface area contributed by atoms with Crippen molar-refractivity contribution in [2.75, 3.05) is 0 Å². The number of aromatic nitrogens is 4. The molecule has 0 aliphatic rings. The van der Waals surface area contributed by atoms with Crippen LogP contribution in [0.3, 0.4) is 0 Å². The maximum Gasteiger partial charge on any atom is 0.164 e. The summed E-state index contributed by atoms with van der Waals surface area (Å²) in [5.41, 5.74) is 12.7. The lowest BCUT2D eigenvalue weighted by Crippen LogP contribution is -2.00. The van der Waals surface area contributed by atoms with Gasteiger partial charge < -0.3 is 0 Å². The van der Waals surface area contributed by atoms with Crippen molar-refractivity contribution in [3.8, 4) is 78.8 Å². The van der Waals surface area contributed by atoms with Gasteiger partial charge in [-0.1, -0.05) is 200 Å². The Balaban J connectivity index is 1.08. The van der Waals surface area contributed by atoms with E-state index in [2.05, 4.69) is 146 Å². The molecule has 2 heterocycles. The molecular weight excluding hydrogens is 681 g/mol. The van der Waals surface area contributed by atoms with E-state index in [1.807, 2.05) is 60.7 Å². The number of hydrogen-bond acceptors (Lipinski definition) is 4. The lowest BCUT2D eigenvalue weighted by Gasteiger charge is -2.16. The molecule has 2 aromatic heterocycles. The summed E-state index contributed by atoms with van der Waals surface area (Å²) in [6, 6.07) is 71.7. The quantitative estimate of drug-likeness (QED) is 0.154. The molecule has 0 aliphatic carbocycles. The summed E-state index contributed by atoms with van der Waals surface area (Å²) in [6.45, 7) is 0. The van der Waals surface area contributed by atoms with Crippen molar-refractivity contribution in [1.29, 1.82) is 0 Å². The van der Waals surface area contributed by atoms with Crippen molar-refractivity contribution in [3.05, 3.63) is 206 Å². The number of benzene rings is 8. The number of fused-ring (bicyclic) bond motifs is 3. The molecule has 0 bridgehead atoms. The van der Waals surface area contributed by atoms with E-state index in [4.69, 9.17) is 19.9 Å². The molecule has 0 saturated heterocycles. The highest BCUT2D eigenvalue weighted by Gasteiger charge is 2.18. The van der Waals surface area contributed by atoms with Crippen molar-refractivity contribution in [2.24, 2.45) is 0 Å². The smallest absolute Gasteiger partial charge is 0.164 e. The van der Waals surface area contributed by atoms with Gasteiger partial charge in [-0.3, -0.25) is 0 Å². The molecule has 4 heteroatoms. The summed E-state index contributed by atoms with van der Waals surface area (Å²) in [5, 5.41) is 3.48. The van der Waals surface area contributed by atoms with Gasteiger partial charge in [0.05, 0.1) is 11.2 Å². The van der Waals surface area contributed by atoms with Gasteiger partial charge in [0.1, 0.15) is 0 Å². The van der Waals surface area contributed by atoms with Gasteiger partial charge in [-0.25, -0.2) is 19.9 Å². The largest absolute Gasteiger partial charge is 0.246 e. The van der Waals surface area contributed by atoms with Crippen LogP contribution in [0.1, 0.15) is 0 Å². The Bertz CT molecular complexity index is 2930. The number of nitrogens with zero attached hydrogens (tertiary/aromatic N) is 4. The Morgan fingerprint density at radius 3 is 1.27 bits per heavy atom. The van der Waals surface area contributed by atoms with Crippen LogP contribution in [-0.2, 0) is 0 Å². The zero-order valence-electron chi connectivity index (χ0n) is 30.4. The van der Waals surface area contributed by atoms with Gasteiger partial charge in [0.25, 0.3) is 0 Å². The number of pyridine rings is 1. The molecule has 0 unspecified atom stereocenters. The van der Waals surface area contributed by atoms with Gasteiger partial charge in [0.15, 0.2) is 17.5 Å². The Kier molecular flexibility index (Phi) is 8.47. The zero-order valence-corrected chi connectivity index (χ0v) is 30.4. The summed E-state index contributed by atoms with van der Waals surface area (Å²) >= 11 is 0.